The van der Waals surface area contributed by atoms with Crippen LogP contribution in [0.15, 0.2) is 59.6 Å². The maximum absolute atomic E-state index is 12.8. The number of carbonyl (C=O) groups excluding carboxylic acids is 2. The Morgan fingerprint density at radius 1 is 1.10 bits per heavy atom. The summed E-state index contributed by atoms with van der Waals surface area (Å²) in [4.78, 5) is 39.8. The molecule has 1 atom stereocenters. The molecule has 2 rings (SSSR count). The summed E-state index contributed by atoms with van der Waals surface area (Å²) >= 11 is 0. The van der Waals surface area contributed by atoms with Crippen LogP contribution >= 0.6 is 0 Å². The van der Waals surface area contributed by atoms with Crippen molar-refractivity contribution in [2.24, 2.45) is 10.9 Å². The number of nitrogens with zero attached hydrogens (tertiary/aromatic N) is 2. The molecule has 2 aromatic carbocycles. The lowest BCUT2D eigenvalue weighted by Gasteiger charge is -2.10. The van der Waals surface area contributed by atoms with E-state index in [4.69, 9.17) is 4.74 Å². The number of unbranched alkanes of at least 4 members (excludes halogenated alkanes) is 1. The zero-order valence-electron chi connectivity index (χ0n) is 16.3. The first-order valence-corrected chi connectivity index (χ1v) is 9.52. The van der Waals surface area contributed by atoms with E-state index in [1.54, 1.807) is 6.92 Å². The molecule has 0 fully saturated rings. The fourth-order valence-electron chi connectivity index (χ4n) is 2.83. The van der Waals surface area contributed by atoms with Gasteiger partial charge >= 0.3 is 5.97 Å². The van der Waals surface area contributed by atoms with E-state index in [0.29, 0.717) is 6.54 Å². The first-order chi connectivity index (χ1) is 14.0. The van der Waals surface area contributed by atoms with E-state index in [2.05, 4.69) is 17.1 Å². The SMILES string of the molecule is CCOC(=O)C(C=NCCCCc1ccccc1)C(=O)c1ccccc1[N+](=O)[O-]. The largest absolute Gasteiger partial charge is 0.465 e. The standard InChI is InChI=1S/C22H24N2O5/c1-2-29-22(26)19(21(25)18-13-6-7-14-20(18)24(27)28)16-23-15-9-8-12-17-10-4-3-5-11-17/h3-7,10-11,13-14,16,19H,2,8-9,12,15H2,1H3. The fourth-order valence-corrected chi connectivity index (χ4v) is 2.83. The molecule has 0 heterocycles. The number of rotatable bonds is 11. The molecule has 0 aliphatic heterocycles. The Kier molecular flexibility index (Phi) is 8.69. The van der Waals surface area contributed by atoms with Crippen molar-refractivity contribution in [2.75, 3.05) is 13.2 Å². The summed E-state index contributed by atoms with van der Waals surface area (Å²) in [6, 6.07) is 15.6. The van der Waals surface area contributed by atoms with Crippen LogP contribution in [-0.2, 0) is 16.0 Å². The second kappa shape index (κ2) is 11.5. The topological polar surface area (TPSA) is 98.9 Å². The Bertz CT molecular complexity index is 865. The average Bonchev–Trinajstić information content (AvgIpc) is 2.73. The van der Waals surface area contributed by atoms with Crippen LogP contribution in [0.2, 0.25) is 0 Å². The lowest BCUT2D eigenvalue weighted by molar-refractivity contribution is -0.385. The van der Waals surface area contributed by atoms with Gasteiger partial charge in [0.15, 0.2) is 11.7 Å². The highest BCUT2D eigenvalue weighted by Gasteiger charge is 2.31. The molecule has 0 aromatic heterocycles. The van der Waals surface area contributed by atoms with Gasteiger partial charge in [-0.1, -0.05) is 42.5 Å². The van der Waals surface area contributed by atoms with E-state index in [-0.39, 0.29) is 17.9 Å². The lowest BCUT2D eigenvalue weighted by atomic mass is 9.97. The first-order valence-electron chi connectivity index (χ1n) is 9.52. The number of Topliss-reactive ketones (excluding diaryl/α,β-unsaturated/α-hetero) is 1. The van der Waals surface area contributed by atoms with Gasteiger partial charge in [0.05, 0.1) is 17.1 Å². The van der Waals surface area contributed by atoms with Gasteiger partial charge in [0.25, 0.3) is 5.69 Å². The number of ether oxygens (including phenoxy) is 1. The third-order valence-electron chi connectivity index (χ3n) is 4.29. The number of benzene rings is 2. The average molecular weight is 396 g/mol. The van der Waals surface area contributed by atoms with Gasteiger partial charge in [-0.05, 0) is 37.8 Å². The third kappa shape index (κ3) is 6.64. The Morgan fingerprint density at radius 3 is 2.48 bits per heavy atom. The number of ketones is 1. The highest BCUT2D eigenvalue weighted by atomic mass is 16.6. The molecule has 0 amide bonds. The van der Waals surface area contributed by atoms with Crippen LogP contribution in [0.5, 0.6) is 0 Å². The van der Waals surface area contributed by atoms with E-state index >= 15 is 0 Å². The van der Waals surface area contributed by atoms with Gasteiger partial charge in [-0.25, -0.2) is 0 Å². The molecule has 0 aliphatic rings. The second-order valence-electron chi connectivity index (χ2n) is 6.37. The van der Waals surface area contributed by atoms with E-state index in [9.17, 15) is 19.7 Å². The van der Waals surface area contributed by atoms with Crippen LogP contribution in [0.4, 0.5) is 5.69 Å². The zero-order chi connectivity index (χ0) is 21.1. The summed E-state index contributed by atoms with van der Waals surface area (Å²) in [6.45, 7) is 2.18. The van der Waals surface area contributed by atoms with E-state index in [0.717, 1.165) is 19.3 Å². The van der Waals surface area contributed by atoms with Gasteiger partial charge in [0, 0.05) is 18.8 Å². The van der Waals surface area contributed by atoms with Crippen molar-refractivity contribution >= 4 is 23.7 Å². The monoisotopic (exact) mass is 396 g/mol. The summed E-state index contributed by atoms with van der Waals surface area (Å²) in [7, 11) is 0. The van der Waals surface area contributed by atoms with Gasteiger partial charge < -0.3 is 4.74 Å². The summed E-state index contributed by atoms with van der Waals surface area (Å²) in [5.41, 5.74) is 0.765. The van der Waals surface area contributed by atoms with Crippen LogP contribution in [0.3, 0.4) is 0 Å². The van der Waals surface area contributed by atoms with E-state index < -0.39 is 22.6 Å². The van der Waals surface area contributed by atoms with Gasteiger partial charge in [0.1, 0.15) is 0 Å². The Labute approximate surface area is 169 Å². The molecule has 0 saturated carbocycles. The molecule has 0 radical (unpaired) electrons. The van der Waals surface area contributed by atoms with Gasteiger partial charge in [-0.15, -0.1) is 0 Å². The van der Waals surface area contributed by atoms with Crippen molar-refractivity contribution in [3.63, 3.8) is 0 Å². The van der Waals surface area contributed by atoms with Crippen molar-refractivity contribution in [3.05, 3.63) is 75.8 Å². The number of carbonyl (C=O) groups is 2. The molecule has 0 bridgehead atoms. The Balaban J connectivity index is 2.02. The highest BCUT2D eigenvalue weighted by molar-refractivity contribution is 6.19. The van der Waals surface area contributed by atoms with Gasteiger partial charge in [-0.2, -0.15) is 0 Å². The molecule has 2 aromatic rings. The van der Waals surface area contributed by atoms with Crippen molar-refractivity contribution in [1.29, 1.82) is 0 Å². The Morgan fingerprint density at radius 2 is 1.79 bits per heavy atom. The predicted molar refractivity (Wildman–Crippen MR) is 110 cm³/mol. The second-order valence-corrected chi connectivity index (χ2v) is 6.37. The quantitative estimate of drug-likeness (QED) is 0.108. The number of esters is 1. The highest BCUT2D eigenvalue weighted by Crippen LogP contribution is 2.21. The van der Waals surface area contributed by atoms with Crippen molar-refractivity contribution in [1.82, 2.24) is 0 Å². The number of aliphatic imine (C=N–C) groups is 1. The smallest absolute Gasteiger partial charge is 0.322 e. The Hall–Kier alpha value is -3.35. The number of hydrogen-bond donors (Lipinski definition) is 0. The first kappa shape index (κ1) is 21.9. The van der Waals surface area contributed by atoms with Gasteiger partial charge in [-0.3, -0.25) is 24.7 Å². The number of hydrogen-bond acceptors (Lipinski definition) is 6. The molecular formula is C22H24N2O5. The fraction of sp³-hybridized carbons (Fsp3) is 0.318. The molecule has 29 heavy (non-hydrogen) atoms. The normalized spacial score (nSPS) is 11.9. The van der Waals surface area contributed by atoms with Crippen LogP contribution in [-0.4, -0.2) is 36.0 Å². The molecule has 0 spiro atoms. The lowest BCUT2D eigenvalue weighted by Crippen LogP contribution is -2.28. The maximum atomic E-state index is 12.8. The molecule has 7 nitrogen and oxygen atoms in total. The molecular weight excluding hydrogens is 372 g/mol. The van der Waals surface area contributed by atoms with Crippen molar-refractivity contribution in [3.8, 4) is 0 Å². The molecule has 0 aliphatic carbocycles. The van der Waals surface area contributed by atoms with Crippen LogP contribution < -0.4 is 0 Å². The number of nitro benzene ring substituents is 1. The predicted octanol–water partition coefficient (Wildman–Crippen LogP) is 4.05. The summed E-state index contributed by atoms with van der Waals surface area (Å²) < 4.78 is 4.96. The van der Waals surface area contributed by atoms with Crippen LogP contribution in [0.1, 0.15) is 35.7 Å². The molecule has 7 heteroatoms. The van der Waals surface area contributed by atoms with Crippen molar-refractivity contribution < 1.29 is 19.2 Å². The van der Waals surface area contributed by atoms with Crippen molar-refractivity contribution in [2.45, 2.75) is 26.2 Å². The third-order valence-corrected chi connectivity index (χ3v) is 4.29. The minimum absolute atomic E-state index is 0.102. The van der Waals surface area contributed by atoms with E-state index in [1.807, 2.05) is 18.2 Å². The molecule has 0 N–H and O–H groups in total. The minimum Gasteiger partial charge on any atom is -0.465 e. The van der Waals surface area contributed by atoms with Crippen LogP contribution in [0.25, 0.3) is 0 Å². The number of aryl methyl sites for hydroxylation is 1. The van der Waals surface area contributed by atoms with Gasteiger partial charge in [0.2, 0.25) is 0 Å². The number of para-hydroxylation sites is 1. The van der Waals surface area contributed by atoms with Crippen LogP contribution in [0, 0.1) is 16.0 Å². The maximum Gasteiger partial charge on any atom is 0.322 e. The van der Waals surface area contributed by atoms with E-state index in [1.165, 1.54) is 36.0 Å². The number of nitro groups is 1. The molecule has 0 saturated heterocycles. The summed E-state index contributed by atoms with van der Waals surface area (Å²) in [5, 5.41) is 11.2. The summed E-state index contributed by atoms with van der Waals surface area (Å²) in [6.07, 6.45) is 3.89. The molecule has 152 valence electrons. The molecule has 1 unspecified atom stereocenters. The summed E-state index contributed by atoms with van der Waals surface area (Å²) in [5.74, 6) is -2.75. The minimum atomic E-state index is -1.30. The zero-order valence-corrected chi connectivity index (χ0v) is 16.3.